The minimum absolute atomic E-state index is 0.105. The molecule has 5 nitrogen and oxygen atoms in total. The smallest absolute Gasteiger partial charge is 0.255 e. The molecule has 0 bridgehead atoms. The number of para-hydroxylation sites is 1. The van der Waals surface area contributed by atoms with Crippen LogP contribution in [0.4, 0.5) is 10.1 Å². The zero-order valence-corrected chi connectivity index (χ0v) is 14.3. The lowest BCUT2D eigenvalue weighted by molar-refractivity contribution is 0.102. The number of ether oxygens (including phenoxy) is 1. The largest absolute Gasteiger partial charge is 0.497 e. The molecule has 134 valence electrons. The van der Waals surface area contributed by atoms with Gasteiger partial charge in [0.15, 0.2) is 11.4 Å². The first-order valence-corrected chi connectivity index (χ1v) is 8.17. The van der Waals surface area contributed by atoms with Crippen LogP contribution >= 0.6 is 0 Å². The first kappa shape index (κ1) is 16.8. The van der Waals surface area contributed by atoms with Gasteiger partial charge in [-0.2, -0.15) is 0 Å². The van der Waals surface area contributed by atoms with Crippen LogP contribution in [-0.4, -0.2) is 13.0 Å². The Bertz CT molecular complexity index is 1250. The van der Waals surface area contributed by atoms with E-state index in [2.05, 4.69) is 5.32 Å². The summed E-state index contributed by atoms with van der Waals surface area (Å²) in [5, 5.41) is 3.22. The van der Waals surface area contributed by atoms with Crippen LogP contribution in [0.2, 0.25) is 0 Å². The van der Waals surface area contributed by atoms with Crippen molar-refractivity contribution < 1.29 is 18.3 Å². The summed E-state index contributed by atoms with van der Waals surface area (Å²) in [5.74, 6) is -0.394. The van der Waals surface area contributed by atoms with Crippen LogP contribution in [0.25, 0.3) is 21.9 Å². The molecule has 0 radical (unpaired) electrons. The Morgan fingerprint density at radius 3 is 2.67 bits per heavy atom. The maximum absolute atomic E-state index is 14.0. The third-order valence-corrected chi connectivity index (χ3v) is 4.24. The van der Waals surface area contributed by atoms with Crippen molar-refractivity contribution in [3.63, 3.8) is 0 Å². The van der Waals surface area contributed by atoms with Gasteiger partial charge < -0.3 is 14.5 Å². The van der Waals surface area contributed by atoms with E-state index in [9.17, 15) is 14.0 Å². The van der Waals surface area contributed by atoms with Gasteiger partial charge in [0.1, 0.15) is 11.3 Å². The summed E-state index contributed by atoms with van der Waals surface area (Å²) >= 11 is 0. The highest BCUT2D eigenvalue weighted by Gasteiger charge is 2.13. The molecule has 27 heavy (non-hydrogen) atoms. The van der Waals surface area contributed by atoms with Crippen LogP contribution in [0.3, 0.4) is 0 Å². The van der Waals surface area contributed by atoms with Crippen LogP contribution in [0.1, 0.15) is 10.4 Å². The Hall–Kier alpha value is -3.67. The second-order valence-electron chi connectivity index (χ2n) is 5.94. The van der Waals surface area contributed by atoms with E-state index in [4.69, 9.17) is 9.15 Å². The summed E-state index contributed by atoms with van der Waals surface area (Å²) < 4.78 is 24.7. The number of fused-ring (bicyclic) bond motifs is 2. The fourth-order valence-corrected chi connectivity index (χ4v) is 2.89. The summed E-state index contributed by atoms with van der Waals surface area (Å²) in [6, 6.07) is 15.6. The average Bonchev–Trinajstić information content (AvgIpc) is 2.69. The Labute approximate surface area is 153 Å². The second-order valence-corrected chi connectivity index (χ2v) is 5.94. The van der Waals surface area contributed by atoms with Crippen molar-refractivity contribution in [2.24, 2.45) is 0 Å². The number of hydrogen-bond donors (Lipinski definition) is 1. The minimum Gasteiger partial charge on any atom is -0.497 e. The summed E-state index contributed by atoms with van der Waals surface area (Å²) in [4.78, 5) is 25.0. The van der Waals surface area contributed by atoms with Crippen LogP contribution in [0.5, 0.6) is 5.75 Å². The lowest BCUT2D eigenvalue weighted by Crippen LogP contribution is -2.12. The molecule has 0 saturated carbocycles. The molecule has 1 N–H and O–H groups in total. The van der Waals surface area contributed by atoms with Crippen molar-refractivity contribution >= 4 is 33.5 Å². The van der Waals surface area contributed by atoms with Gasteiger partial charge in [0.05, 0.1) is 17.9 Å². The molecule has 0 spiro atoms. The highest BCUT2D eigenvalue weighted by atomic mass is 19.1. The van der Waals surface area contributed by atoms with E-state index in [1.807, 2.05) is 0 Å². The number of benzene rings is 3. The lowest BCUT2D eigenvalue weighted by Gasteiger charge is -2.08. The van der Waals surface area contributed by atoms with Crippen LogP contribution in [-0.2, 0) is 0 Å². The van der Waals surface area contributed by atoms with Crippen molar-refractivity contribution in [1.82, 2.24) is 0 Å². The molecule has 6 heteroatoms. The summed E-state index contributed by atoms with van der Waals surface area (Å²) in [5.41, 5.74) is 0.610. The number of nitrogens with one attached hydrogen (secondary N) is 1. The standard InChI is InChI=1S/C21H14FNO4/c1-26-14-5-2-4-12(10-14)21(25)23-13-8-9-15-18(11-13)27-20-16(19(15)24)6-3-7-17(20)22/h2-11H,1H3,(H,23,25). The fraction of sp³-hybridized carbons (Fsp3) is 0.0476. The summed E-state index contributed by atoms with van der Waals surface area (Å²) in [6.07, 6.45) is 0. The number of carbonyl (C=O) groups is 1. The second kappa shape index (κ2) is 6.57. The maximum Gasteiger partial charge on any atom is 0.255 e. The number of methoxy groups -OCH3 is 1. The molecule has 0 atom stereocenters. The van der Waals surface area contributed by atoms with Gasteiger partial charge in [0.2, 0.25) is 5.43 Å². The zero-order valence-electron chi connectivity index (χ0n) is 14.3. The molecule has 0 unspecified atom stereocenters. The van der Waals surface area contributed by atoms with Crippen LogP contribution < -0.4 is 15.5 Å². The Kier molecular flexibility index (Phi) is 4.08. The van der Waals surface area contributed by atoms with E-state index in [0.29, 0.717) is 22.4 Å². The molecule has 0 fully saturated rings. The first-order chi connectivity index (χ1) is 13.1. The van der Waals surface area contributed by atoms with Crippen LogP contribution in [0.15, 0.2) is 69.9 Å². The third-order valence-electron chi connectivity index (χ3n) is 4.24. The first-order valence-electron chi connectivity index (χ1n) is 8.17. The van der Waals surface area contributed by atoms with Gasteiger partial charge in [0, 0.05) is 17.3 Å². The molecular formula is C21H14FNO4. The molecule has 4 aromatic rings. The normalized spacial score (nSPS) is 10.9. The molecule has 0 aliphatic carbocycles. The SMILES string of the molecule is COc1cccc(C(=O)Nc2ccc3c(=O)c4cccc(F)c4oc3c2)c1. The minimum atomic E-state index is -0.614. The van der Waals surface area contributed by atoms with E-state index in [1.165, 1.54) is 31.4 Å². The lowest BCUT2D eigenvalue weighted by atomic mass is 10.1. The predicted octanol–water partition coefficient (Wildman–Crippen LogP) is 4.35. The highest BCUT2D eigenvalue weighted by Crippen LogP contribution is 2.24. The molecule has 3 aromatic carbocycles. The highest BCUT2D eigenvalue weighted by molar-refractivity contribution is 6.05. The van der Waals surface area contributed by atoms with Crippen molar-refractivity contribution in [2.45, 2.75) is 0 Å². The van der Waals surface area contributed by atoms with E-state index in [0.717, 1.165) is 0 Å². The Balaban J connectivity index is 1.75. The van der Waals surface area contributed by atoms with E-state index in [1.54, 1.807) is 36.4 Å². The van der Waals surface area contributed by atoms with Crippen LogP contribution in [0, 0.1) is 5.82 Å². The van der Waals surface area contributed by atoms with E-state index in [-0.39, 0.29) is 27.9 Å². The monoisotopic (exact) mass is 363 g/mol. The quantitative estimate of drug-likeness (QED) is 0.550. The molecule has 1 amide bonds. The van der Waals surface area contributed by atoms with Gasteiger partial charge in [-0.1, -0.05) is 12.1 Å². The van der Waals surface area contributed by atoms with Gasteiger partial charge in [-0.05, 0) is 42.5 Å². The molecule has 1 heterocycles. The Morgan fingerprint density at radius 2 is 1.85 bits per heavy atom. The van der Waals surface area contributed by atoms with Crippen molar-refractivity contribution in [2.75, 3.05) is 12.4 Å². The molecule has 1 aromatic heterocycles. The topological polar surface area (TPSA) is 68.5 Å². The zero-order chi connectivity index (χ0) is 19.0. The number of anilines is 1. The average molecular weight is 363 g/mol. The number of amides is 1. The number of carbonyl (C=O) groups excluding carboxylic acids is 1. The van der Waals surface area contributed by atoms with E-state index < -0.39 is 5.82 Å². The summed E-state index contributed by atoms with van der Waals surface area (Å²) in [6.45, 7) is 0. The molecule has 0 saturated heterocycles. The van der Waals surface area contributed by atoms with Gasteiger partial charge in [-0.15, -0.1) is 0 Å². The van der Waals surface area contributed by atoms with Gasteiger partial charge in [-0.25, -0.2) is 4.39 Å². The van der Waals surface area contributed by atoms with Crippen molar-refractivity contribution in [1.29, 1.82) is 0 Å². The molecule has 0 aliphatic rings. The Morgan fingerprint density at radius 1 is 1.04 bits per heavy atom. The molecular weight excluding hydrogens is 349 g/mol. The van der Waals surface area contributed by atoms with Gasteiger partial charge >= 0.3 is 0 Å². The van der Waals surface area contributed by atoms with Crippen molar-refractivity contribution in [3.05, 3.63) is 82.3 Å². The molecule has 4 rings (SSSR count). The number of halogens is 1. The predicted molar refractivity (Wildman–Crippen MR) is 101 cm³/mol. The van der Waals surface area contributed by atoms with Gasteiger partial charge in [-0.3, -0.25) is 9.59 Å². The summed E-state index contributed by atoms with van der Waals surface area (Å²) in [7, 11) is 1.52. The van der Waals surface area contributed by atoms with E-state index >= 15 is 0 Å². The maximum atomic E-state index is 14.0. The van der Waals surface area contributed by atoms with Gasteiger partial charge in [0.25, 0.3) is 5.91 Å². The number of hydrogen-bond acceptors (Lipinski definition) is 4. The number of rotatable bonds is 3. The van der Waals surface area contributed by atoms with Crippen molar-refractivity contribution in [3.8, 4) is 5.75 Å². The molecule has 0 aliphatic heterocycles. The fourth-order valence-electron chi connectivity index (χ4n) is 2.89. The third kappa shape index (κ3) is 3.01.